The van der Waals surface area contributed by atoms with Crippen molar-refractivity contribution in [3.8, 4) is 0 Å². The number of aromatic nitrogens is 1. The number of nitrogens with one attached hydrogen (secondary N) is 2. The van der Waals surface area contributed by atoms with Gasteiger partial charge in [0.05, 0.1) is 24.0 Å². The maximum absolute atomic E-state index is 13.5. The molecule has 2 aromatic rings. The summed E-state index contributed by atoms with van der Waals surface area (Å²) in [6.45, 7) is 0.550. The lowest BCUT2D eigenvalue weighted by molar-refractivity contribution is 0.604. The fourth-order valence-corrected chi connectivity index (χ4v) is 2.52. The number of anilines is 2. The van der Waals surface area contributed by atoms with Crippen molar-refractivity contribution in [3.05, 3.63) is 40.6 Å². The summed E-state index contributed by atoms with van der Waals surface area (Å²) >= 11 is 1.50. The summed E-state index contributed by atoms with van der Waals surface area (Å²) in [7, 11) is -3.50. The normalized spacial score (nSPS) is 11.3. The van der Waals surface area contributed by atoms with Gasteiger partial charge in [0.1, 0.15) is 5.82 Å². The second kappa shape index (κ2) is 5.54. The summed E-state index contributed by atoms with van der Waals surface area (Å²) in [5.41, 5.74) is 2.27. The molecule has 1 heterocycles. The predicted octanol–water partition coefficient (Wildman–Crippen LogP) is 2.27. The Morgan fingerprint density at radius 1 is 1.42 bits per heavy atom. The van der Waals surface area contributed by atoms with Gasteiger partial charge in [-0.3, -0.25) is 9.71 Å². The molecule has 1 aromatic heterocycles. The summed E-state index contributed by atoms with van der Waals surface area (Å²) in [4.78, 5) is 4.97. The maximum Gasteiger partial charge on any atom is 0.229 e. The molecule has 0 unspecified atom stereocenters. The van der Waals surface area contributed by atoms with E-state index < -0.39 is 15.8 Å². The summed E-state index contributed by atoms with van der Waals surface area (Å²) in [6.07, 6.45) is 2.71. The number of sulfonamides is 1. The summed E-state index contributed by atoms with van der Waals surface area (Å²) in [5, 5.41) is 3.07. The van der Waals surface area contributed by atoms with Crippen LogP contribution in [0.4, 0.5) is 15.8 Å². The molecule has 19 heavy (non-hydrogen) atoms. The molecular weight excluding hydrogens is 289 g/mol. The Morgan fingerprint density at radius 2 is 2.21 bits per heavy atom. The lowest BCUT2D eigenvalue weighted by Gasteiger charge is -2.09. The lowest BCUT2D eigenvalue weighted by Crippen LogP contribution is -2.11. The maximum atomic E-state index is 13.5. The van der Waals surface area contributed by atoms with Crippen molar-refractivity contribution in [1.29, 1.82) is 0 Å². The SMILES string of the molecule is CS(=O)(=O)Nc1cc(NCc2cncs2)ccc1F. The van der Waals surface area contributed by atoms with Crippen LogP contribution < -0.4 is 10.0 Å². The molecule has 102 valence electrons. The number of halogens is 1. The average Bonchev–Trinajstić information content (AvgIpc) is 2.81. The Labute approximate surface area is 114 Å². The first kappa shape index (κ1) is 13.8. The van der Waals surface area contributed by atoms with Gasteiger partial charge in [0, 0.05) is 16.8 Å². The largest absolute Gasteiger partial charge is 0.380 e. The summed E-state index contributed by atoms with van der Waals surface area (Å²) < 4.78 is 37.8. The van der Waals surface area contributed by atoms with Crippen LogP contribution in [0.1, 0.15) is 4.88 Å². The Balaban J connectivity index is 2.12. The van der Waals surface area contributed by atoms with Crippen molar-refractivity contribution in [3.63, 3.8) is 0 Å². The van der Waals surface area contributed by atoms with Crippen LogP contribution in [0.3, 0.4) is 0 Å². The zero-order valence-corrected chi connectivity index (χ0v) is 11.7. The summed E-state index contributed by atoms with van der Waals surface area (Å²) in [5.74, 6) is -0.617. The van der Waals surface area contributed by atoms with Crippen molar-refractivity contribution in [2.75, 3.05) is 16.3 Å². The molecule has 0 aliphatic rings. The Hall–Kier alpha value is -1.67. The molecule has 2 N–H and O–H groups in total. The van der Waals surface area contributed by atoms with E-state index in [0.29, 0.717) is 12.2 Å². The fourth-order valence-electron chi connectivity index (χ4n) is 1.43. The second-order valence-corrected chi connectivity index (χ2v) is 6.61. The first-order chi connectivity index (χ1) is 8.94. The highest BCUT2D eigenvalue weighted by molar-refractivity contribution is 7.92. The van der Waals surface area contributed by atoms with Crippen LogP contribution in [0.5, 0.6) is 0 Å². The number of thiazole rings is 1. The molecule has 0 amide bonds. The minimum atomic E-state index is -3.50. The lowest BCUT2D eigenvalue weighted by atomic mass is 10.2. The van der Waals surface area contributed by atoms with E-state index in [0.717, 1.165) is 11.1 Å². The molecule has 0 radical (unpaired) electrons. The number of nitrogens with zero attached hydrogens (tertiary/aromatic N) is 1. The van der Waals surface area contributed by atoms with Crippen LogP contribution in [0.2, 0.25) is 0 Å². The molecule has 0 spiro atoms. The van der Waals surface area contributed by atoms with E-state index in [1.54, 1.807) is 17.8 Å². The van der Waals surface area contributed by atoms with Crippen LogP contribution in [0.25, 0.3) is 0 Å². The van der Waals surface area contributed by atoms with Gasteiger partial charge in [-0.1, -0.05) is 0 Å². The van der Waals surface area contributed by atoms with E-state index in [-0.39, 0.29) is 5.69 Å². The topological polar surface area (TPSA) is 71.1 Å². The molecule has 8 heteroatoms. The first-order valence-electron chi connectivity index (χ1n) is 5.32. The average molecular weight is 301 g/mol. The Morgan fingerprint density at radius 3 is 2.84 bits per heavy atom. The van der Waals surface area contributed by atoms with Crippen LogP contribution in [0, 0.1) is 5.82 Å². The van der Waals surface area contributed by atoms with Crippen molar-refractivity contribution in [2.24, 2.45) is 0 Å². The van der Waals surface area contributed by atoms with Gasteiger partial charge in [-0.15, -0.1) is 11.3 Å². The monoisotopic (exact) mass is 301 g/mol. The molecule has 0 atom stereocenters. The zero-order chi connectivity index (χ0) is 13.9. The highest BCUT2D eigenvalue weighted by Crippen LogP contribution is 2.21. The number of hydrogen-bond donors (Lipinski definition) is 2. The summed E-state index contributed by atoms with van der Waals surface area (Å²) in [6, 6.07) is 4.17. The highest BCUT2D eigenvalue weighted by atomic mass is 32.2. The second-order valence-electron chi connectivity index (χ2n) is 3.89. The molecular formula is C11H12FN3O2S2. The highest BCUT2D eigenvalue weighted by Gasteiger charge is 2.08. The van der Waals surface area contributed by atoms with Gasteiger partial charge in [-0.05, 0) is 18.2 Å². The standard InChI is InChI=1S/C11H12FN3O2S2/c1-19(16,17)15-11-4-8(2-3-10(11)12)14-6-9-5-13-7-18-9/h2-5,7,14-15H,6H2,1H3. The third-order valence-corrected chi connectivity index (χ3v) is 3.58. The van der Waals surface area contributed by atoms with Gasteiger partial charge < -0.3 is 5.32 Å². The predicted molar refractivity (Wildman–Crippen MR) is 74.3 cm³/mol. The van der Waals surface area contributed by atoms with Crippen LogP contribution in [-0.4, -0.2) is 19.7 Å². The molecule has 0 aliphatic carbocycles. The van der Waals surface area contributed by atoms with Crippen molar-refractivity contribution < 1.29 is 12.8 Å². The number of benzene rings is 1. The molecule has 0 saturated carbocycles. The van der Waals surface area contributed by atoms with Crippen LogP contribution in [-0.2, 0) is 16.6 Å². The third-order valence-electron chi connectivity index (χ3n) is 2.21. The minimum Gasteiger partial charge on any atom is -0.380 e. The molecule has 5 nitrogen and oxygen atoms in total. The number of rotatable bonds is 5. The van der Waals surface area contributed by atoms with Gasteiger partial charge in [0.25, 0.3) is 0 Å². The van der Waals surface area contributed by atoms with Gasteiger partial charge in [-0.25, -0.2) is 12.8 Å². The molecule has 0 bridgehead atoms. The van der Waals surface area contributed by atoms with E-state index in [1.807, 2.05) is 0 Å². The Bertz CT molecular complexity index is 657. The van der Waals surface area contributed by atoms with E-state index >= 15 is 0 Å². The first-order valence-corrected chi connectivity index (χ1v) is 8.10. The number of hydrogen-bond acceptors (Lipinski definition) is 5. The third kappa shape index (κ3) is 4.18. The van der Waals surface area contributed by atoms with E-state index in [2.05, 4.69) is 15.0 Å². The Kier molecular flexibility index (Phi) is 4.01. The van der Waals surface area contributed by atoms with Gasteiger partial charge in [0.2, 0.25) is 10.0 Å². The van der Waals surface area contributed by atoms with Crippen LogP contribution in [0.15, 0.2) is 29.9 Å². The van der Waals surface area contributed by atoms with E-state index in [4.69, 9.17) is 0 Å². The molecule has 0 fully saturated rings. The fraction of sp³-hybridized carbons (Fsp3) is 0.182. The van der Waals surface area contributed by atoms with Crippen molar-refractivity contribution >= 4 is 32.7 Å². The quantitative estimate of drug-likeness (QED) is 0.888. The minimum absolute atomic E-state index is 0.0724. The van der Waals surface area contributed by atoms with E-state index in [1.165, 1.54) is 23.5 Å². The van der Waals surface area contributed by atoms with E-state index in [9.17, 15) is 12.8 Å². The van der Waals surface area contributed by atoms with Gasteiger partial charge in [-0.2, -0.15) is 0 Å². The van der Waals surface area contributed by atoms with Gasteiger partial charge >= 0.3 is 0 Å². The van der Waals surface area contributed by atoms with Crippen LogP contribution >= 0.6 is 11.3 Å². The van der Waals surface area contributed by atoms with Crippen molar-refractivity contribution in [2.45, 2.75) is 6.54 Å². The van der Waals surface area contributed by atoms with Crippen molar-refractivity contribution in [1.82, 2.24) is 4.98 Å². The molecule has 0 saturated heterocycles. The smallest absolute Gasteiger partial charge is 0.229 e. The van der Waals surface area contributed by atoms with Gasteiger partial charge in [0.15, 0.2) is 0 Å². The molecule has 1 aromatic carbocycles. The zero-order valence-electron chi connectivity index (χ0n) is 10.1. The molecule has 0 aliphatic heterocycles. The molecule has 2 rings (SSSR count).